The Morgan fingerprint density at radius 3 is 2.21 bits per heavy atom. The summed E-state index contributed by atoms with van der Waals surface area (Å²) in [5.41, 5.74) is 2.63. The maximum atomic E-state index is 13.8. The van der Waals surface area contributed by atoms with Crippen molar-refractivity contribution in [1.82, 2.24) is 0 Å². The van der Waals surface area contributed by atoms with E-state index in [0.29, 0.717) is 31.1 Å². The smallest absolute Gasteiger partial charge is 0.335 e. The molecule has 0 aromatic heterocycles. The van der Waals surface area contributed by atoms with Crippen molar-refractivity contribution in [2.45, 2.75) is 70.1 Å². The van der Waals surface area contributed by atoms with Gasteiger partial charge in [0.25, 0.3) is 0 Å². The first-order valence-electron chi connectivity index (χ1n) is 15.5. The molecule has 2 aromatic carbocycles. The van der Waals surface area contributed by atoms with Crippen LogP contribution in [-0.2, 0) is 14.9 Å². The molecule has 1 N–H and O–H groups in total. The molecule has 7 nitrogen and oxygen atoms in total. The minimum Gasteiger partial charge on any atom is -0.493 e. The summed E-state index contributed by atoms with van der Waals surface area (Å²) in [4.78, 5) is 25.0. The molecule has 42 heavy (non-hydrogen) atoms. The third-order valence-electron chi connectivity index (χ3n) is 9.28. The number of carbonyl (C=O) groups is 2. The first-order chi connectivity index (χ1) is 20.4. The molecule has 4 aliphatic rings. The zero-order chi connectivity index (χ0) is 29.5. The number of methoxy groups -OCH3 is 1. The number of benzene rings is 2. The average molecular weight is 577 g/mol. The summed E-state index contributed by atoms with van der Waals surface area (Å²) >= 11 is 0. The Labute approximate surface area is 249 Å². The highest BCUT2D eigenvalue weighted by atomic mass is 16.7. The number of aromatic carboxylic acids is 1. The number of ketones is 1. The molecule has 4 saturated carbocycles. The van der Waals surface area contributed by atoms with Crippen LogP contribution in [0.4, 0.5) is 0 Å². The second-order valence-corrected chi connectivity index (χ2v) is 12.4. The highest BCUT2D eigenvalue weighted by molar-refractivity contribution is 6.09. The Kier molecular flexibility index (Phi) is 10.0. The molecule has 4 bridgehead atoms. The molecule has 4 fully saturated rings. The van der Waals surface area contributed by atoms with Crippen molar-refractivity contribution in [2.75, 3.05) is 33.7 Å². The Morgan fingerprint density at radius 1 is 0.905 bits per heavy atom. The van der Waals surface area contributed by atoms with Gasteiger partial charge < -0.3 is 24.1 Å². The zero-order valence-electron chi connectivity index (χ0n) is 24.9. The van der Waals surface area contributed by atoms with Crippen molar-refractivity contribution in [3.8, 4) is 11.5 Å². The van der Waals surface area contributed by atoms with Crippen LogP contribution >= 0.6 is 0 Å². The van der Waals surface area contributed by atoms with Crippen molar-refractivity contribution >= 4 is 17.8 Å². The van der Waals surface area contributed by atoms with Gasteiger partial charge in [0.2, 0.25) is 0 Å². The first-order valence-corrected chi connectivity index (χ1v) is 15.5. The fourth-order valence-corrected chi connectivity index (χ4v) is 7.69. The number of hydrogen-bond donors (Lipinski definition) is 1. The average Bonchev–Trinajstić information content (AvgIpc) is 2.97. The highest BCUT2D eigenvalue weighted by Crippen LogP contribution is 2.62. The van der Waals surface area contributed by atoms with Crippen LogP contribution in [0.2, 0.25) is 0 Å². The summed E-state index contributed by atoms with van der Waals surface area (Å²) in [5, 5.41) is 9.20. The van der Waals surface area contributed by atoms with Crippen LogP contribution in [0.25, 0.3) is 6.08 Å². The van der Waals surface area contributed by atoms with E-state index in [1.807, 2.05) is 12.1 Å². The van der Waals surface area contributed by atoms with Gasteiger partial charge in [-0.15, -0.1) is 0 Å². The number of unbranched alkanes of at least 4 members (excludes halogenated alkanes) is 2. The van der Waals surface area contributed by atoms with E-state index in [1.165, 1.54) is 19.3 Å². The SMILES string of the molecule is CCCCCOc1cc(OCOCCOC)c(C23CC4CC(CC(C4)C2)C3)cc1C(=O)/C=C/c1ccc(C(=O)O)cc1. The van der Waals surface area contributed by atoms with E-state index in [4.69, 9.17) is 18.9 Å². The molecule has 6 rings (SSSR count). The third-order valence-corrected chi connectivity index (χ3v) is 9.28. The number of ether oxygens (including phenoxy) is 4. The second-order valence-electron chi connectivity index (χ2n) is 12.4. The minimum absolute atomic E-state index is 0.00274. The third kappa shape index (κ3) is 7.07. The predicted octanol–water partition coefficient (Wildman–Crippen LogP) is 7.32. The molecule has 0 radical (unpaired) electrons. The van der Waals surface area contributed by atoms with E-state index < -0.39 is 5.97 Å². The van der Waals surface area contributed by atoms with Crippen molar-refractivity contribution in [1.29, 1.82) is 0 Å². The fraction of sp³-hybridized carbons (Fsp3) is 0.543. The number of carboxylic acids is 1. The quantitative estimate of drug-likeness (QED) is 0.0969. The van der Waals surface area contributed by atoms with Crippen LogP contribution in [0, 0.1) is 17.8 Å². The van der Waals surface area contributed by atoms with Gasteiger partial charge in [-0.1, -0.05) is 38.0 Å². The first kappa shape index (κ1) is 30.3. The van der Waals surface area contributed by atoms with Crippen LogP contribution in [-0.4, -0.2) is 50.6 Å². The van der Waals surface area contributed by atoms with Crippen molar-refractivity contribution in [3.63, 3.8) is 0 Å². The van der Waals surface area contributed by atoms with Gasteiger partial charge in [0.05, 0.1) is 30.9 Å². The molecule has 7 heteroatoms. The summed E-state index contributed by atoms with van der Waals surface area (Å²) in [5.74, 6) is 2.37. The van der Waals surface area contributed by atoms with Crippen LogP contribution in [0.1, 0.15) is 96.6 Å². The molecule has 0 spiro atoms. The molecule has 226 valence electrons. The van der Waals surface area contributed by atoms with Gasteiger partial charge in [-0.25, -0.2) is 4.79 Å². The number of allylic oxidation sites excluding steroid dienone is 1. The lowest BCUT2D eigenvalue weighted by Crippen LogP contribution is -2.48. The number of rotatable bonds is 16. The molecule has 0 unspecified atom stereocenters. The summed E-state index contributed by atoms with van der Waals surface area (Å²) in [7, 11) is 1.65. The lowest BCUT2D eigenvalue weighted by Gasteiger charge is -2.57. The van der Waals surface area contributed by atoms with Crippen molar-refractivity contribution < 1.29 is 33.6 Å². The van der Waals surface area contributed by atoms with Gasteiger partial charge in [-0.05, 0) is 98.0 Å². The second kappa shape index (κ2) is 13.9. The molecule has 0 heterocycles. The van der Waals surface area contributed by atoms with Crippen LogP contribution in [0.5, 0.6) is 11.5 Å². The Bertz CT molecular complexity index is 1230. The monoisotopic (exact) mass is 576 g/mol. The topological polar surface area (TPSA) is 91.3 Å². The standard InChI is InChI=1S/C35H44O7/c1-3-4-5-12-41-32-19-33(42-23-40-14-13-39-2)30(35-20-25-15-26(21-35)17-27(16-25)22-35)18-29(32)31(36)11-8-24-6-9-28(10-7-24)34(37)38/h6-11,18-19,25-27H,3-5,12-17,20-23H2,1-2H3,(H,37,38)/b11-8+. The minimum atomic E-state index is -0.977. The van der Waals surface area contributed by atoms with E-state index in [0.717, 1.165) is 73.2 Å². The lowest BCUT2D eigenvalue weighted by molar-refractivity contribution is -0.0190. The van der Waals surface area contributed by atoms with Gasteiger partial charge in [0.15, 0.2) is 12.6 Å². The summed E-state index contributed by atoms with van der Waals surface area (Å²) in [6.07, 6.45) is 13.7. The van der Waals surface area contributed by atoms with Gasteiger partial charge in [-0.3, -0.25) is 4.79 Å². The molecule has 0 saturated heterocycles. The molecule has 0 atom stereocenters. The molecule has 0 amide bonds. The predicted molar refractivity (Wildman–Crippen MR) is 161 cm³/mol. The zero-order valence-corrected chi connectivity index (χ0v) is 24.9. The van der Waals surface area contributed by atoms with Gasteiger partial charge in [0, 0.05) is 18.7 Å². The van der Waals surface area contributed by atoms with Crippen molar-refractivity contribution in [3.05, 3.63) is 64.7 Å². The fourth-order valence-electron chi connectivity index (χ4n) is 7.69. The van der Waals surface area contributed by atoms with E-state index >= 15 is 0 Å². The normalized spacial score (nSPS) is 24.3. The van der Waals surface area contributed by atoms with E-state index in [9.17, 15) is 14.7 Å². The summed E-state index contributed by atoms with van der Waals surface area (Å²) < 4.78 is 23.4. The maximum Gasteiger partial charge on any atom is 0.335 e. The molecule has 4 aliphatic carbocycles. The van der Waals surface area contributed by atoms with E-state index in [-0.39, 0.29) is 23.6 Å². The molecule has 2 aromatic rings. The van der Waals surface area contributed by atoms with Crippen molar-refractivity contribution in [2.24, 2.45) is 17.8 Å². The Morgan fingerprint density at radius 2 is 1.60 bits per heavy atom. The van der Waals surface area contributed by atoms with Crippen LogP contribution in [0.15, 0.2) is 42.5 Å². The van der Waals surface area contributed by atoms with Crippen LogP contribution < -0.4 is 9.47 Å². The molecular weight excluding hydrogens is 532 g/mol. The largest absolute Gasteiger partial charge is 0.493 e. The Balaban J connectivity index is 1.48. The van der Waals surface area contributed by atoms with E-state index in [1.54, 1.807) is 43.5 Å². The lowest BCUT2D eigenvalue weighted by atomic mass is 9.48. The van der Waals surface area contributed by atoms with E-state index in [2.05, 4.69) is 6.92 Å². The highest BCUT2D eigenvalue weighted by Gasteiger charge is 2.52. The molecule has 0 aliphatic heterocycles. The van der Waals surface area contributed by atoms with Gasteiger partial charge >= 0.3 is 5.97 Å². The van der Waals surface area contributed by atoms with Gasteiger partial charge in [0.1, 0.15) is 11.5 Å². The maximum absolute atomic E-state index is 13.8. The number of carbonyl (C=O) groups excluding carboxylic acids is 1. The Hall–Kier alpha value is -3.16. The van der Waals surface area contributed by atoms with Gasteiger partial charge in [-0.2, -0.15) is 0 Å². The summed E-state index contributed by atoms with van der Waals surface area (Å²) in [6, 6.07) is 10.5. The number of hydrogen-bond acceptors (Lipinski definition) is 6. The summed E-state index contributed by atoms with van der Waals surface area (Å²) in [6.45, 7) is 3.72. The molecular formula is C35H44O7. The number of carboxylic acid groups (broad SMARTS) is 1. The van der Waals surface area contributed by atoms with Crippen LogP contribution in [0.3, 0.4) is 0 Å².